The summed E-state index contributed by atoms with van der Waals surface area (Å²) in [4.78, 5) is 11.7. The van der Waals surface area contributed by atoms with Crippen LogP contribution in [0.1, 0.15) is 204 Å². The van der Waals surface area contributed by atoms with Gasteiger partial charge in [-0.2, -0.15) is 5.26 Å². The highest BCUT2D eigenvalue weighted by Gasteiger charge is 2.42. The van der Waals surface area contributed by atoms with Crippen molar-refractivity contribution >= 4 is 5.97 Å². The fourth-order valence-electron chi connectivity index (χ4n) is 9.01. The molecule has 4 heteroatoms. The molecule has 4 rings (SSSR count). The second-order valence-corrected chi connectivity index (χ2v) is 17.3. The first-order chi connectivity index (χ1) is 28.4. The Morgan fingerprint density at radius 2 is 1.02 bits per heavy atom. The predicted octanol–water partition coefficient (Wildman–Crippen LogP) is 16.2. The molecule has 0 spiro atoms. The quantitative estimate of drug-likeness (QED) is 0.0359. The Hall–Kier alpha value is -3.84. The van der Waals surface area contributed by atoms with Crippen molar-refractivity contribution in [2.24, 2.45) is 0 Å². The molecule has 3 aromatic rings. The highest BCUT2D eigenvalue weighted by Crippen LogP contribution is 2.55. The van der Waals surface area contributed by atoms with Gasteiger partial charge in [-0.3, -0.25) is 0 Å². The summed E-state index contributed by atoms with van der Waals surface area (Å²) in [6.07, 6.45) is 33.1. The molecule has 0 fully saturated rings. The van der Waals surface area contributed by atoms with Gasteiger partial charge in [0.15, 0.2) is 0 Å². The number of unbranched alkanes of at least 4 members (excludes halogenated alkanes) is 21. The summed E-state index contributed by atoms with van der Waals surface area (Å²) in [5.41, 5.74) is 9.21. The second-order valence-electron chi connectivity index (χ2n) is 17.3. The first-order valence-corrected chi connectivity index (χ1v) is 23.7. The summed E-state index contributed by atoms with van der Waals surface area (Å²) in [5, 5.41) is 9.47. The van der Waals surface area contributed by atoms with Crippen LogP contribution in [0.5, 0.6) is 5.75 Å². The fourth-order valence-corrected chi connectivity index (χ4v) is 9.01. The lowest BCUT2D eigenvalue weighted by molar-refractivity contribution is -0.139. The number of fused-ring (bicyclic) bond motifs is 3. The third-order valence-electron chi connectivity index (χ3n) is 12.5. The van der Waals surface area contributed by atoms with Crippen LogP contribution < -0.4 is 4.74 Å². The zero-order valence-corrected chi connectivity index (χ0v) is 37.0. The standard InChI is InChI=1S/C54H77NO3/c1-5-7-9-11-13-15-17-19-21-25-37-54(38-26-22-20-18-16-14-12-10-8-6-2)51-41-47(46-31-29-45(43-55)30-32-46)33-35-49(51)50-36-34-48(42-52(50)54)57-39-27-23-24-28-40-58-53(56)44(3)4/h29-36,41-42H,3,5-28,37-40H2,1-2,4H3. The molecule has 0 saturated heterocycles. The summed E-state index contributed by atoms with van der Waals surface area (Å²) >= 11 is 0. The van der Waals surface area contributed by atoms with Crippen molar-refractivity contribution in [1.29, 1.82) is 5.26 Å². The Bertz CT molecular complexity index is 1660. The van der Waals surface area contributed by atoms with Crippen LogP contribution >= 0.6 is 0 Å². The lowest BCUT2D eigenvalue weighted by Gasteiger charge is -2.33. The summed E-state index contributed by atoms with van der Waals surface area (Å²) in [7, 11) is 0. The molecule has 1 aliphatic carbocycles. The number of carbonyl (C=O) groups excluding carboxylic acids is 1. The minimum absolute atomic E-state index is 0.0474. The molecule has 316 valence electrons. The van der Waals surface area contributed by atoms with Crippen LogP contribution in [0.15, 0.2) is 72.8 Å². The van der Waals surface area contributed by atoms with E-state index in [0.717, 1.165) is 44.3 Å². The maximum absolute atomic E-state index is 11.7. The van der Waals surface area contributed by atoms with E-state index in [-0.39, 0.29) is 11.4 Å². The third kappa shape index (κ3) is 15.1. The number of benzene rings is 3. The molecule has 1 aliphatic rings. The summed E-state index contributed by atoms with van der Waals surface area (Å²) in [6, 6.07) is 24.5. The van der Waals surface area contributed by atoms with Crippen LogP contribution in [0.2, 0.25) is 0 Å². The minimum Gasteiger partial charge on any atom is -0.494 e. The van der Waals surface area contributed by atoms with Gasteiger partial charge in [0.1, 0.15) is 5.75 Å². The third-order valence-corrected chi connectivity index (χ3v) is 12.5. The molecular formula is C54H77NO3. The van der Waals surface area contributed by atoms with E-state index in [1.165, 1.54) is 162 Å². The van der Waals surface area contributed by atoms with Crippen LogP contribution in [-0.2, 0) is 14.9 Å². The van der Waals surface area contributed by atoms with Gasteiger partial charge in [0.2, 0.25) is 0 Å². The number of carbonyl (C=O) groups is 1. The topological polar surface area (TPSA) is 59.3 Å². The van der Waals surface area contributed by atoms with E-state index in [9.17, 15) is 10.1 Å². The van der Waals surface area contributed by atoms with E-state index < -0.39 is 0 Å². The molecule has 0 radical (unpaired) electrons. The van der Waals surface area contributed by atoms with E-state index in [1.807, 2.05) is 12.1 Å². The van der Waals surface area contributed by atoms with Crippen molar-refractivity contribution in [3.05, 3.63) is 89.5 Å². The molecular weight excluding hydrogens is 711 g/mol. The van der Waals surface area contributed by atoms with Gasteiger partial charge in [-0.15, -0.1) is 0 Å². The highest BCUT2D eigenvalue weighted by molar-refractivity contribution is 5.87. The average molecular weight is 788 g/mol. The van der Waals surface area contributed by atoms with Gasteiger partial charge >= 0.3 is 5.97 Å². The maximum atomic E-state index is 11.7. The Morgan fingerprint density at radius 1 is 0.569 bits per heavy atom. The molecule has 0 unspecified atom stereocenters. The molecule has 58 heavy (non-hydrogen) atoms. The highest BCUT2D eigenvalue weighted by atomic mass is 16.5. The van der Waals surface area contributed by atoms with Crippen LogP contribution in [-0.4, -0.2) is 19.2 Å². The largest absolute Gasteiger partial charge is 0.494 e. The minimum atomic E-state index is -0.301. The van der Waals surface area contributed by atoms with Crippen molar-refractivity contribution in [2.45, 2.75) is 193 Å². The summed E-state index contributed by atoms with van der Waals surface area (Å²) < 4.78 is 11.8. The van der Waals surface area contributed by atoms with Gasteiger partial charge in [-0.25, -0.2) is 4.79 Å². The number of nitriles is 1. The molecule has 0 heterocycles. The lowest BCUT2D eigenvalue weighted by Crippen LogP contribution is -2.25. The van der Waals surface area contributed by atoms with Crippen molar-refractivity contribution in [3.63, 3.8) is 0 Å². The first-order valence-electron chi connectivity index (χ1n) is 23.7. The Labute approximate surface area is 354 Å². The van der Waals surface area contributed by atoms with Crippen molar-refractivity contribution < 1.29 is 14.3 Å². The molecule has 0 atom stereocenters. The van der Waals surface area contributed by atoms with Crippen LogP contribution in [0.4, 0.5) is 0 Å². The number of nitrogens with zero attached hydrogens (tertiary/aromatic N) is 1. The maximum Gasteiger partial charge on any atom is 0.333 e. The number of hydrogen-bond donors (Lipinski definition) is 0. The zero-order chi connectivity index (χ0) is 41.3. The molecule has 0 aliphatic heterocycles. The number of rotatable bonds is 32. The summed E-state index contributed by atoms with van der Waals surface area (Å²) in [5.74, 6) is 0.676. The van der Waals surface area contributed by atoms with Crippen LogP contribution in [0.3, 0.4) is 0 Å². The number of hydrogen-bond acceptors (Lipinski definition) is 4. The average Bonchev–Trinajstić information content (AvgIpc) is 3.50. The van der Waals surface area contributed by atoms with E-state index in [4.69, 9.17) is 9.47 Å². The van der Waals surface area contributed by atoms with E-state index in [1.54, 1.807) is 6.92 Å². The lowest BCUT2D eigenvalue weighted by atomic mass is 9.70. The number of ether oxygens (including phenoxy) is 2. The van der Waals surface area contributed by atoms with E-state index >= 15 is 0 Å². The molecule has 0 amide bonds. The Balaban J connectivity index is 1.51. The van der Waals surface area contributed by atoms with Crippen molar-refractivity contribution in [3.8, 4) is 34.1 Å². The van der Waals surface area contributed by atoms with Gasteiger partial charge in [-0.1, -0.05) is 179 Å². The molecule has 0 N–H and O–H groups in total. The smallest absolute Gasteiger partial charge is 0.333 e. The van der Waals surface area contributed by atoms with Crippen LogP contribution in [0, 0.1) is 11.3 Å². The second kappa shape index (κ2) is 27.0. The molecule has 3 aromatic carbocycles. The first kappa shape index (κ1) is 46.8. The van der Waals surface area contributed by atoms with E-state index in [2.05, 4.69) is 75.0 Å². The molecule has 0 saturated carbocycles. The van der Waals surface area contributed by atoms with Gasteiger partial charge in [0.25, 0.3) is 0 Å². The predicted molar refractivity (Wildman–Crippen MR) is 245 cm³/mol. The molecule has 0 bridgehead atoms. The Morgan fingerprint density at radius 3 is 1.53 bits per heavy atom. The van der Waals surface area contributed by atoms with Gasteiger partial charge in [0.05, 0.1) is 24.8 Å². The van der Waals surface area contributed by atoms with Crippen molar-refractivity contribution in [2.75, 3.05) is 13.2 Å². The van der Waals surface area contributed by atoms with Gasteiger partial charge in [-0.05, 0) is 109 Å². The zero-order valence-electron chi connectivity index (χ0n) is 37.0. The monoisotopic (exact) mass is 788 g/mol. The summed E-state index contributed by atoms with van der Waals surface area (Å²) in [6.45, 7) is 11.1. The number of esters is 1. The van der Waals surface area contributed by atoms with E-state index in [0.29, 0.717) is 24.4 Å². The molecule has 0 aromatic heterocycles. The molecule has 4 nitrogen and oxygen atoms in total. The normalized spacial score (nSPS) is 12.5. The van der Waals surface area contributed by atoms with Gasteiger partial charge < -0.3 is 9.47 Å². The van der Waals surface area contributed by atoms with Crippen LogP contribution in [0.25, 0.3) is 22.3 Å². The SMILES string of the molecule is C=C(C)C(=O)OCCCCCCOc1ccc2c(c1)C(CCCCCCCCCCCC)(CCCCCCCCCCCC)c1cc(-c3ccc(C#N)cc3)ccc1-2. The Kier molecular flexibility index (Phi) is 21.8. The van der Waals surface area contributed by atoms with Crippen molar-refractivity contribution in [1.82, 2.24) is 0 Å². The van der Waals surface area contributed by atoms with Gasteiger partial charge in [0, 0.05) is 11.0 Å². The fraction of sp³-hybridized carbons (Fsp3) is 0.593.